The Balaban J connectivity index is 1.57. The topological polar surface area (TPSA) is 55.8 Å². The molecule has 0 radical (unpaired) electrons. The molecule has 3 aromatic rings. The second-order valence-corrected chi connectivity index (χ2v) is 8.20. The van der Waals surface area contributed by atoms with E-state index in [1.807, 2.05) is 6.07 Å². The van der Waals surface area contributed by atoms with E-state index < -0.39 is 5.91 Å². The molecule has 0 saturated carbocycles. The van der Waals surface area contributed by atoms with E-state index >= 15 is 0 Å². The summed E-state index contributed by atoms with van der Waals surface area (Å²) in [7, 11) is 1.48. The standard InChI is InChI=1S/C24H17ClFNO4S/c1-30-20-12-16(11-19(25)22(20)31-14-15-7-9-17(26)10-8-15)13-21-23(28)27(24(29)32-21)18-5-3-2-4-6-18/h2-13H,14H2,1H3/b21-13-. The van der Waals surface area contributed by atoms with Gasteiger partial charge < -0.3 is 9.47 Å². The number of methoxy groups -OCH3 is 1. The van der Waals surface area contributed by atoms with Crippen LogP contribution in [-0.2, 0) is 11.4 Å². The number of thioether (sulfide) groups is 1. The van der Waals surface area contributed by atoms with Crippen LogP contribution in [0.4, 0.5) is 14.9 Å². The van der Waals surface area contributed by atoms with Crippen molar-refractivity contribution < 1.29 is 23.5 Å². The Kier molecular flexibility index (Phi) is 6.48. The summed E-state index contributed by atoms with van der Waals surface area (Å²) in [6, 6.07) is 18.0. The first-order valence-electron chi connectivity index (χ1n) is 9.54. The number of anilines is 1. The number of imide groups is 1. The zero-order valence-corrected chi connectivity index (χ0v) is 18.5. The molecule has 1 saturated heterocycles. The molecular formula is C24H17ClFNO4S. The highest BCUT2D eigenvalue weighted by molar-refractivity contribution is 8.19. The van der Waals surface area contributed by atoms with Gasteiger partial charge in [-0.1, -0.05) is 41.9 Å². The van der Waals surface area contributed by atoms with Gasteiger partial charge >= 0.3 is 0 Å². The lowest BCUT2D eigenvalue weighted by atomic mass is 10.1. The number of nitrogens with zero attached hydrogens (tertiary/aromatic N) is 1. The number of hydrogen-bond acceptors (Lipinski definition) is 5. The van der Waals surface area contributed by atoms with Crippen LogP contribution in [0.3, 0.4) is 0 Å². The van der Waals surface area contributed by atoms with Crippen LogP contribution >= 0.6 is 23.4 Å². The molecule has 0 aliphatic carbocycles. The summed E-state index contributed by atoms with van der Waals surface area (Å²) in [5.74, 6) is -0.0375. The van der Waals surface area contributed by atoms with E-state index in [-0.39, 0.29) is 27.6 Å². The molecular weight excluding hydrogens is 453 g/mol. The lowest BCUT2D eigenvalue weighted by molar-refractivity contribution is -0.113. The molecule has 0 spiro atoms. The molecule has 162 valence electrons. The van der Waals surface area contributed by atoms with Gasteiger partial charge in [-0.3, -0.25) is 9.59 Å². The quantitative estimate of drug-likeness (QED) is 0.396. The zero-order valence-electron chi connectivity index (χ0n) is 16.9. The van der Waals surface area contributed by atoms with E-state index in [2.05, 4.69) is 0 Å². The summed E-state index contributed by atoms with van der Waals surface area (Å²) in [6.07, 6.45) is 1.59. The molecule has 32 heavy (non-hydrogen) atoms. The summed E-state index contributed by atoms with van der Waals surface area (Å²) in [6.45, 7) is 0.172. The number of amides is 2. The van der Waals surface area contributed by atoms with Gasteiger partial charge in [0.1, 0.15) is 12.4 Å². The lowest BCUT2D eigenvalue weighted by Crippen LogP contribution is -2.27. The van der Waals surface area contributed by atoms with Gasteiger partial charge in [0.2, 0.25) is 0 Å². The van der Waals surface area contributed by atoms with Crippen molar-refractivity contribution in [3.63, 3.8) is 0 Å². The molecule has 0 aromatic heterocycles. The third-order valence-electron chi connectivity index (χ3n) is 4.65. The van der Waals surface area contributed by atoms with Crippen molar-refractivity contribution in [1.82, 2.24) is 0 Å². The molecule has 5 nitrogen and oxygen atoms in total. The van der Waals surface area contributed by atoms with Crippen LogP contribution in [0.25, 0.3) is 6.08 Å². The number of para-hydroxylation sites is 1. The SMILES string of the molecule is COc1cc(/C=C2\SC(=O)N(c3ccccc3)C2=O)cc(Cl)c1OCc1ccc(F)cc1. The van der Waals surface area contributed by atoms with Crippen molar-refractivity contribution in [2.24, 2.45) is 0 Å². The maximum atomic E-state index is 13.1. The fourth-order valence-electron chi connectivity index (χ4n) is 3.12. The highest BCUT2D eigenvalue weighted by atomic mass is 35.5. The largest absolute Gasteiger partial charge is 0.493 e. The number of ether oxygens (including phenoxy) is 2. The molecule has 8 heteroatoms. The van der Waals surface area contributed by atoms with Crippen molar-refractivity contribution in [3.8, 4) is 11.5 Å². The Morgan fingerprint density at radius 2 is 1.78 bits per heavy atom. The van der Waals surface area contributed by atoms with E-state index in [0.717, 1.165) is 22.2 Å². The number of hydrogen-bond donors (Lipinski definition) is 0. The first-order chi connectivity index (χ1) is 15.5. The maximum absolute atomic E-state index is 13.1. The van der Waals surface area contributed by atoms with Gasteiger partial charge in [-0.05, 0) is 65.4 Å². The number of halogens is 2. The van der Waals surface area contributed by atoms with E-state index in [4.69, 9.17) is 21.1 Å². The van der Waals surface area contributed by atoms with Crippen molar-refractivity contribution in [1.29, 1.82) is 0 Å². The van der Waals surface area contributed by atoms with Crippen LogP contribution in [0.5, 0.6) is 11.5 Å². The smallest absolute Gasteiger partial charge is 0.298 e. The van der Waals surface area contributed by atoms with E-state index in [1.54, 1.807) is 54.6 Å². The summed E-state index contributed by atoms with van der Waals surface area (Å²) < 4.78 is 24.3. The molecule has 2 amide bonds. The average Bonchev–Trinajstić information content (AvgIpc) is 3.07. The van der Waals surface area contributed by atoms with E-state index in [1.165, 1.54) is 19.2 Å². The number of carbonyl (C=O) groups excluding carboxylic acids is 2. The van der Waals surface area contributed by atoms with Crippen LogP contribution in [0.15, 0.2) is 71.6 Å². The van der Waals surface area contributed by atoms with Crippen molar-refractivity contribution >= 4 is 46.3 Å². The van der Waals surface area contributed by atoms with Crippen molar-refractivity contribution in [2.75, 3.05) is 12.0 Å². The maximum Gasteiger partial charge on any atom is 0.298 e. The normalized spacial score (nSPS) is 14.8. The first-order valence-corrected chi connectivity index (χ1v) is 10.7. The highest BCUT2D eigenvalue weighted by Gasteiger charge is 2.36. The van der Waals surface area contributed by atoms with Crippen molar-refractivity contribution in [2.45, 2.75) is 6.61 Å². The predicted molar refractivity (Wildman–Crippen MR) is 124 cm³/mol. The van der Waals surface area contributed by atoms with Crippen LogP contribution in [0, 0.1) is 5.82 Å². The molecule has 0 atom stereocenters. The van der Waals surface area contributed by atoms with Crippen LogP contribution in [0.1, 0.15) is 11.1 Å². The number of rotatable bonds is 6. The fraction of sp³-hybridized carbons (Fsp3) is 0.0833. The third-order valence-corrected chi connectivity index (χ3v) is 5.80. The minimum absolute atomic E-state index is 0.172. The highest BCUT2D eigenvalue weighted by Crippen LogP contribution is 2.40. The van der Waals surface area contributed by atoms with Crippen LogP contribution < -0.4 is 14.4 Å². The molecule has 3 aromatic carbocycles. The molecule has 1 aliphatic heterocycles. The van der Waals surface area contributed by atoms with Gasteiger partial charge in [0.15, 0.2) is 11.5 Å². The monoisotopic (exact) mass is 469 g/mol. The van der Waals surface area contributed by atoms with Gasteiger partial charge in [0.05, 0.1) is 22.7 Å². The summed E-state index contributed by atoms with van der Waals surface area (Å²) in [4.78, 5) is 26.6. The Hall–Kier alpha value is -3.29. The van der Waals surface area contributed by atoms with Crippen LogP contribution in [0.2, 0.25) is 5.02 Å². The number of carbonyl (C=O) groups is 2. The predicted octanol–water partition coefficient (Wildman–Crippen LogP) is 6.31. The fourth-order valence-corrected chi connectivity index (χ4v) is 4.23. The zero-order chi connectivity index (χ0) is 22.7. The average molecular weight is 470 g/mol. The molecule has 0 bridgehead atoms. The summed E-state index contributed by atoms with van der Waals surface area (Å²) >= 11 is 7.27. The Labute approximate surface area is 193 Å². The molecule has 1 heterocycles. The van der Waals surface area contributed by atoms with Gasteiger partial charge in [-0.25, -0.2) is 9.29 Å². The number of benzene rings is 3. The summed E-state index contributed by atoms with van der Waals surface area (Å²) in [5.41, 5.74) is 1.86. The molecule has 0 unspecified atom stereocenters. The minimum atomic E-state index is -0.405. The molecule has 1 aliphatic rings. The summed E-state index contributed by atoms with van der Waals surface area (Å²) in [5, 5.41) is -0.0928. The van der Waals surface area contributed by atoms with Crippen molar-refractivity contribution in [3.05, 3.63) is 93.6 Å². The Morgan fingerprint density at radius 1 is 1.06 bits per heavy atom. The van der Waals surface area contributed by atoms with Gasteiger partial charge in [0.25, 0.3) is 11.1 Å². The molecule has 0 N–H and O–H groups in total. The van der Waals surface area contributed by atoms with E-state index in [0.29, 0.717) is 22.7 Å². The minimum Gasteiger partial charge on any atom is -0.493 e. The van der Waals surface area contributed by atoms with Gasteiger partial charge in [-0.15, -0.1) is 0 Å². The Bertz CT molecular complexity index is 1200. The second-order valence-electron chi connectivity index (χ2n) is 6.80. The van der Waals surface area contributed by atoms with Crippen LogP contribution in [-0.4, -0.2) is 18.3 Å². The molecule has 1 fully saturated rings. The third kappa shape index (κ3) is 4.64. The van der Waals surface area contributed by atoms with Gasteiger partial charge in [0, 0.05) is 0 Å². The van der Waals surface area contributed by atoms with E-state index in [9.17, 15) is 14.0 Å². The molecule has 4 rings (SSSR count). The van der Waals surface area contributed by atoms with Gasteiger partial charge in [-0.2, -0.15) is 0 Å². The first kappa shape index (κ1) is 21.9. The second kappa shape index (κ2) is 9.46. The lowest BCUT2D eigenvalue weighted by Gasteiger charge is -2.14. The Morgan fingerprint density at radius 3 is 2.47 bits per heavy atom.